The molecule has 3 nitrogen and oxygen atoms in total. The topological polar surface area (TPSA) is 45.0 Å². The van der Waals surface area contributed by atoms with Gasteiger partial charge in [-0.05, 0) is 18.2 Å². The highest BCUT2D eigenvalue weighted by Crippen LogP contribution is 2.28. The van der Waals surface area contributed by atoms with Gasteiger partial charge in [-0.2, -0.15) is 14.0 Å². The number of benzene rings is 1. The summed E-state index contributed by atoms with van der Waals surface area (Å²) >= 11 is 10.6. The van der Waals surface area contributed by atoms with E-state index in [1.807, 2.05) is 6.07 Å². The lowest BCUT2D eigenvalue weighted by atomic mass is 10.3. The molecule has 0 aliphatic carbocycles. The van der Waals surface area contributed by atoms with E-state index in [2.05, 4.69) is 10.1 Å². The van der Waals surface area contributed by atoms with Crippen molar-refractivity contribution in [1.82, 2.24) is 0 Å². The van der Waals surface area contributed by atoms with Crippen molar-refractivity contribution in [2.24, 2.45) is 0 Å². The van der Waals surface area contributed by atoms with Crippen molar-refractivity contribution in [3.8, 4) is 11.8 Å². The van der Waals surface area contributed by atoms with Gasteiger partial charge in [-0.25, -0.2) is 0 Å². The summed E-state index contributed by atoms with van der Waals surface area (Å²) in [5.41, 5.74) is 0.511. The molecular formula is C10H7ClF2N2OS. The second-order valence-corrected chi connectivity index (χ2v) is 3.81. The highest BCUT2D eigenvalue weighted by molar-refractivity contribution is 7.80. The molecule has 1 N–H and O–H groups in total. The van der Waals surface area contributed by atoms with Crippen LogP contribution in [0.1, 0.15) is 6.42 Å². The van der Waals surface area contributed by atoms with Gasteiger partial charge in [0.05, 0.1) is 22.5 Å². The van der Waals surface area contributed by atoms with Crippen LogP contribution >= 0.6 is 23.8 Å². The van der Waals surface area contributed by atoms with Crippen LogP contribution in [0.4, 0.5) is 14.5 Å². The molecule has 1 aromatic rings. The van der Waals surface area contributed by atoms with E-state index in [9.17, 15) is 8.78 Å². The van der Waals surface area contributed by atoms with Crippen LogP contribution in [-0.4, -0.2) is 11.6 Å². The Morgan fingerprint density at radius 2 is 2.29 bits per heavy atom. The van der Waals surface area contributed by atoms with E-state index >= 15 is 0 Å². The van der Waals surface area contributed by atoms with E-state index in [1.54, 1.807) is 0 Å². The van der Waals surface area contributed by atoms with Gasteiger partial charge in [0.1, 0.15) is 5.75 Å². The highest BCUT2D eigenvalue weighted by atomic mass is 35.5. The lowest BCUT2D eigenvalue weighted by molar-refractivity contribution is -0.0497. The van der Waals surface area contributed by atoms with Gasteiger partial charge in [-0.1, -0.05) is 23.8 Å². The number of nitrogens with zero attached hydrogens (tertiary/aromatic N) is 1. The molecule has 0 saturated heterocycles. The monoisotopic (exact) mass is 276 g/mol. The van der Waals surface area contributed by atoms with Crippen LogP contribution in [0.5, 0.6) is 5.75 Å². The minimum absolute atomic E-state index is 0.0371. The molecular weight excluding hydrogens is 270 g/mol. The first-order valence-corrected chi connectivity index (χ1v) is 5.22. The number of rotatable bonds is 4. The van der Waals surface area contributed by atoms with Crippen molar-refractivity contribution < 1.29 is 13.5 Å². The number of ether oxygens (including phenoxy) is 1. The van der Waals surface area contributed by atoms with Gasteiger partial charge < -0.3 is 10.1 Å². The van der Waals surface area contributed by atoms with Gasteiger partial charge >= 0.3 is 6.61 Å². The third-order valence-electron chi connectivity index (χ3n) is 1.67. The molecule has 0 radical (unpaired) electrons. The van der Waals surface area contributed by atoms with E-state index < -0.39 is 6.61 Å². The van der Waals surface area contributed by atoms with Crippen molar-refractivity contribution in [3.63, 3.8) is 0 Å². The summed E-state index contributed by atoms with van der Waals surface area (Å²) < 4.78 is 28.1. The van der Waals surface area contributed by atoms with E-state index in [1.165, 1.54) is 18.2 Å². The van der Waals surface area contributed by atoms with Crippen molar-refractivity contribution in [2.75, 3.05) is 5.32 Å². The quantitative estimate of drug-likeness (QED) is 0.854. The Morgan fingerprint density at radius 3 is 2.82 bits per heavy atom. The Hall–Kier alpha value is -1.45. The molecule has 0 aromatic heterocycles. The fourth-order valence-corrected chi connectivity index (χ4v) is 1.45. The van der Waals surface area contributed by atoms with Crippen LogP contribution in [-0.2, 0) is 0 Å². The van der Waals surface area contributed by atoms with Gasteiger partial charge in [0.25, 0.3) is 0 Å². The maximum absolute atomic E-state index is 12.0. The Balaban J connectivity index is 2.75. The maximum atomic E-state index is 12.0. The fourth-order valence-electron chi connectivity index (χ4n) is 1.05. The Morgan fingerprint density at radius 1 is 1.59 bits per heavy atom. The predicted molar refractivity (Wildman–Crippen MR) is 64.5 cm³/mol. The van der Waals surface area contributed by atoms with Crippen molar-refractivity contribution in [1.29, 1.82) is 5.26 Å². The molecule has 0 atom stereocenters. The molecule has 0 aliphatic rings. The number of nitrogens with one attached hydrogen (secondary N) is 1. The van der Waals surface area contributed by atoms with Gasteiger partial charge in [0, 0.05) is 5.69 Å². The van der Waals surface area contributed by atoms with Gasteiger partial charge in [0.2, 0.25) is 0 Å². The molecule has 1 aromatic carbocycles. The molecule has 0 bridgehead atoms. The second-order valence-electron chi connectivity index (χ2n) is 2.91. The zero-order valence-corrected chi connectivity index (χ0v) is 9.99. The van der Waals surface area contributed by atoms with Crippen LogP contribution in [0, 0.1) is 11.3 Å². The van der Waals surface area contributed by atoms with E-state index in [0.29, 0.717) is 10.7 Å². The fraction of sp³-hybridized carbons (Fsp3) is 0.200. The number of anilines is 1. The summed E-state index contributed by atoms with van der Waals surface area (Å²) in [5, 5.41) is 11.2. The third kappa shape index (κ3) is 4.51. The first-order chi connectivity index (χ1) is 8.02. The summed E-state index contributed by atoms with van der Waals surface area (Å²) in [6.45, 7) is -2.93. The maximum Gasteiger partial charge on any atom is 0.387 e. The summed E-state index contributed by atoms with van der Waals surface area (Å²) in [6, 6.07) is 6.05. The number of hydrogen-bond donors (Lipinski definition) is 1. The molecule has 0 fully saturated rings. The van der Waals surface area contributed by atoms with Crippen LogP contribution in [0.25, 0.3) is 0 Å². The number of halogens is 3. The molecule has 1 rings (SSSR count). The zero-order valence-electron chi connectivity index (χ0n) is 8.41. The first-order valence-electron chi connectivity index (χ1n) is 4.44. The lowest BCUT2D eigenvalue weighted by Gasteiger charge is -2.09. The average Bonchev–Trinajstić information content (AvgIpc) is 2.22. The molecule has 0 saturated carbocycles. The lowest BCUT2D eigenvalue weighted by Crippen LogP contribution is -2.08. The Labute approximate surface area is 107 Å². The summed E-state index contributed by atoms with van der Waals surface area (Å²) in [5.74, 6) is -0.113. The van der Waals surface area contributed by atoms with Crippen LogP contribution in [0.2, 0.25) is 5.02 Å². The largest absolute Gasteiger partial charge is 0.433 e. The third-order valence-corrected chi connectivity index (χ3v) is 2.21. The number of nitriles is 1. The molecule has 0 heterocycles. The number of alkyl halides is 2. The molecule has 0 spiro atoms. The Bertz CT molecular complexity index is 462. The van der Waals surface area contributed by atoms with E-state index in [4.69, 9.17) is 29.1 Å². The summed E-state index contributed by atoms with van der Waals surface area (Å²) in [7, 11) is 0. The van der Waals surface area contributed by atoms with Gasteiger partial charge in [0.15, 0.2) is 0 Å². The Kier molecular flexibility index (Phi) is 5.07. The molecule has 17 heavy (non-hydrogen) atoms. The number of thiocarbonyl (C=S) groups is 1. The first kappa shape index (κ1) is 13.6. The van der Waals surface area contributed by atoms with Crippen molar-refractivity contribution in [3.05, 3.63) is 23.2 Å². The molecule has 90 valence electrons. The van der Waals surface area contributed by atoms with Crippen molar-refractivity contribution in [2.45, 2.75) is 13.0 Å². The molecule has 7 heteroatoms. The summed E-state index contributed by atoms with van der Waals surface area (Å²) in [4.78, 5) is 0.325. The van der Waals surface area contributed by atoms with Crippen molar-refractivity contribution >= 4 is 34.5 Å². The molecule has 0 amide bonds. The minimum Gasteiger partial charge on any atom is -0.433 e. The van der Waals surface area contributed by atoms with E-state index in [-0.39, 0.29) is 17.2 Å². The minimum atomic E-state index is -2.93. The molecule has 0 aliphatic heterocycles. The summed E-state index contributed by atoms with van der Waals surface area (Å²) in [6.07, 6.45) is 0.0717. The van der Waals surface area contributed by atoms with Gasteiger partial charge in [-0.3, -0.25) is 0 Å². The zero-order chi connectivity index (χ0) is 12.8. The standard InChI is InChI=1S/C10H7ClF2N2OS/c11-7-5-6(15-9(17)3-4-14)1-2-8(7)16-10(12)13/h1-2,5,10H,3H2,(H,15,17). The number of hydrogen-bond acceptors (Lipinski definition) is 3. The second kappa shape index (κ2) is 6.33. The van der Waals surface area contributed by atoms with Crippen LogP contribution in [0.3, 0.4) is 0 Å². The highest BCUT2D eigenvalue weighted by Gasteiger charge is 2.09. The van der Waals surface area contributed by atoms with E-state index in [0.717, 1.165) is 0 Å². The van der Waals surface area contributed by atoms with Gasteiger partial charge in [-0.15, -0.1) is 0 Å². The molecule has 0 unspecified atom stereocenters. The smallest absolute Gasteiger partial charge is 0.387 e. The normalized spacial score (nSPS) is 9.82. The SMILES string of the molecule is N#CCC(=S)Nc1ccc(OC(F)F)c(Cl)c1. The van der Waals surface area contributed by atoms with Crippen LogP contribution < -0.4 is 10.1 Å². The average molecular weight is 277 g/mol. The predicted octanol–water partition coefficient (Wildman–Crippen LogP) is 3.59. The van der Waals surface area contributed by atoms with Crippen LogP contribution in [0.15, 0.2) is 18.2 Å².